The number of ether oxygens (including phenoxy) is 1. The van der Waals surface area contributed by atoms with Crippen LogP contribution in [0.5, 0.6) is 5.75 Å². The van der Waals surface area contributed by atoms with E-state index in [1.54, 1.807) is 7.11 Å². The molecule has 1 atom stereocenters. The summed E-state index contributed by atoms with van der Waals surface area (Å²) >= 11 is 2.00. The van der Waals surface area contributed by atoms with Crippen LogP contribution in [0.2, 0.25) is 0 Å². The van der Waals surface area contributed by atoms with Crippen LogP contribution < -0.4 is 10.1 Å². The molecule has 0 heterocycles. The lowest BCUT2D eigenvalue weighted by Gasteiger charge is -2.18. The van der Waals surface area contributed by atoms with Gasteiger partial charge in [0.1, 0.15) is 5.75 Å². The summed E-state index contributed by atoms with van der Waals surface area (Å²) < 4.78 is 5.42. The van der Waals surface area contributed by atoms with E-state index in [-0.39, 0.29) is 0 Å². The van der Waals surface area contributed by atoms with E-state index in [9.17, 15) is 0 Å². The molecule has 0 aromatic heterocycles. The van der Waals surface area contributed by atoms with Crippen LogP contribution in [0.3, 0.4) is 0 Å². The minimum atomic E-state index is 0.339. The maximum absolute atomic E-state index is 5.42. The highest BCUT2D eigenvalue weighted by Crippen LogP contribution is 2.25. The third-order valence-electron chi connectivity index (χ3n) is 2.97. The van der Waals surface area contributed by atoms with Crippen LogP contribution >= 0.6 is 11.8 Å². The molecule has 3 heteroatoms. The van der Waals surface area contributed by atoms with E-state index in [4.69, 9.17) is 4.74 Å². The van der Waals surface area contributed by atoms with Crippen molar-refractivity contribution in [2.45, 2.75) is 33.2 Å². The fourth-order valence-corrected chi connectivity index (χ4v) is 2.58. The van der Waals surface area contributed by atoms with Gasteiger partial charge in [0.05, 0.1) is 7.11 Å². The van der Waals surface area contributed by atoms with E-state index in [2.05, 4.69) is 44.3 Å². The monoisotopic (exact) mass is 267 g/mol. The summed E-state index contributed by atoms with van der Waals surface area (Å²) in [5.74, 6) is 3.42. The lowest BCUT2D eigenvalue weighted by Crippen LogP contribution is -2.21. The standard InChI is InChI=1S/C15H25NOS/c1-5-18-10-6-9-16-13(3)14-11-12(2)7-8-15(14)17-4/h7-8,11,13,16H,5-6,9-10H2,1-4H3. The maximum atomic E-state index is 5.42. The first kappa shape index (κ1) is 15.4. The molecule has 1 aromatic rings. The summed E-state index contributed by atoms with van der Waals surface area (Å²) in [4.78, 5) is 0. The lowest BCUT2D eigenvalue weighted by atomic mass is 10.0. The molecule has 0 saturated heterocycles. The van der Waals surface area contributed by atoms with Gasteiger partial charge in [-0.25, -0.2) is 0 Å². The average molecular weight is 267 g/mol. The van der Waals surface area contributed by atoms with E-state index in [0.717, 1.165) is 12.3 Å². The first-order valence-electron chi connectivity index (χ1n) is 6.64. The molecule has 0 aliphatic heterocycles. The zero-order valence-corrected chi connectivity index (χ0v) is 12.8. The summed E-state index contributed by atoms with van der Waals surface area (Å²) in [5, 5.41) is 3.57. The first-order valence-corrected chi connectivity index (χ1v) is 7.80. The molecule has 1 rings (SSSR count). The molecule has 18 heavy (non-hydrogen) atoms. The van der Waals surface area contributed by atoms with Crippen LogP contribution in [0.15, 0.2) is 18.2 Å². The molecule has 0 radical (unpaired) electrons. The molecule has 0 saturated carbocycles. The van der Waals surface area contributed by atoms with E-state index in [1.165, 1.54) is 29.1 Å². The molecule has 0 spiro atoms. The van der Waals surface area contributed by atoms with Gasteiger partial charge in [-0.15, -0.1) is 0 Å². The Labute approximate surface area is 116 Å². The number of thioether (sulfide) groups is 1. The van der Waals surface area contributed by atoms with E-state index in [1.807, 2.05) is 11.8 Å². The summed E-state index contributed by atoms with van der Waals surface area (Å²) in [5.41, 5.74) is 2.53. The second-order valence-corrected chi connectivity index (χ2v) is 5.87. The van der Waals surface area contributed by atoms with Gasteiger partial charge in [-0.2, -0.15) is 11.8 Å². The summed E-state index contributed by atoms with van der Waals surface area (Å²) in [6.45, 7) is 7.58. The molecule has 1 N–H and O–H groups in total. The zero-order valence-electron chi connectivity index (χ0n) is 12.0. The van der Waals surface area contributed by atoms with Gasteiger partial charge in [0, 0.05) is 11.6 Å². The fourth-order valence-electron chi connectivity index (χ4n) is 1.94. The number of methoxy groups -OCH3 is 1. The fraction of sp³-hybridized carbons (Fsp3) is 0.600. The van der Waals surface area contributed by atoms with Gasteiger partial charge in [-0.05, 0) is 44.4 Å². The molecule has 0 amide bonds. The van der Waals surface area contributed by atoms with Crippen molar-refractivity contribution in [3.05, 3.63) is 29.3 Å². The molecular formula is C15H25NOS. The molecule has 1 unspecified atom stereocenters. The first-order chi connectivity index (χ1) is 8.69. The number of hydrogen-bond acceptors (Lipinski definition) is 3. The quantitative estimate of drug-likeness (QED) is 0.724. The Morgan fingerprint density at radius 2 is 2.17 bits per heavy atom. The molecule has 1 aromatic carbocycles. The number of hydrogen-bond donors (Lipinski definition) is 1. The second kappa shape index (κ2) is 8.44. The highest BCUT2D eigenvalue weighted by molar-refractivity contribution is 7.99. The molecule has 0 aliphatic rings. The molecule has 0 fully saturated rings. The normalized spacial score (nSPS) is 12.4. The Bertz CT molecular complexity index is 354. The maximum Gasteiger partial charge on any atom is 0.123 e. The Hall–Kier alpha value is -0.670. The van der Waals surface area contributed by atoms with E-state index >= 15 is 0 Å². The van der Waals surface area contributed by atoms with Crippen molar-refractivity contribution < 1.29 is 4.74 Å². The Kier molecular flexibility index (Phi) is 7.21. The molecule has 0 aliphatic carbocycles. The van der Waals surface area contributed by atoms with Crippen LogP contribution in [-0.2, 0) is 0 Å². The third kappa shape index (κ3) is 4.91. The molecular weight excluding hydrogens is 242 g/mol. The second-order valence-electron chi connectivity index (χ2n) is 4.47. The summed E-state index contributed by atoms with van der Waals surface area (Å²) in [6, 6.07) is 6.69. The van der Waals surface area contributed by atoms with Crippen LogP contribution in [-0.4, -0.2) is 25.2 Å². The average Bonchev–Trinajstić information content (AvgIpc) is 2.38. The van der Waals surface area contributed by atoms with Crippen LogP contribution in [0.25, 0.3) is 0 Å². The van der Waals surface area contributed by atoms with Crippen LogP contribution in [0.1, 0.15) is 37.4 Å². The number of rotatable bonds is 8. The van der Waals surface area contributed by atoms with Crippen molar-refractivity contribution in [2.24, 2.45) is 0 Å². The van der Waals surface area contributed by atoms with Crippen LogP contribution in [0.4, 0.5) is 0 Å². The number of benzene rings is 1. The Morgan fingerprint density at radius 3 is 2.83 bits per heavy atom. The van der Waals surface area contributed by atoms with Gasteiger partial charge < -0.3 is 10.1 Å². The van der Waals surface area contributed by atoms with Crippen molar-refractivity contribution in [1.29, 1.82) is 0 Å². The smallest absolute Gasteiger partial charge is 0.123 e. The van der Waals surface area contributed by atoms with E-state index in [0.29, 0.717) is 6.04 Å². The Morgan fingerprint density at radius 1 is 1.39 bits per heavy atom. The van der Waals surface area contributed by atoms with Gasteiger partial charge in [-0.1, -0.05) is 24.6 Å². The van der Waals surface area contributed by atoms with Crippen molar-refractivity contribution >= 4 is 11.8 Å². The minimum absolute atomic E-state index is 0.339. The number of aryl methyl sites for hydroxylation is 1. The van der Waals surface area contributed by atoms with Gasteiger partial charge >= 0.3 is 0 Å². The Balaban J connectivity index is 2.49. The SMILES string of the molecule is CCSCCCNC(C)c1cc(C)ccc1OC. The van der Waals surface area contributed by atoms with Gasteiger partial charge in [-0.3, -0.25) is 0 Å². The van der Waals surface area contributed by atoms with Crippen molar-refractivity contribution in [1.82, 2.24) is 5.32 Å². The highest BCUT2D eigenvalue weighted by atomic mass is 32.2. The lowest BCUT2D eigenvalue weighted by molar-refractivity contribution is 0.401. The zero-order chi connectivity index (χ0) is 13.4. The van der Waals surface area contributed by atoms with Crippen molar-refractivity contribution in [3.8, 4) is 5.75 Å². The van der Waals surface area contributed by atoms with Gasteiger partial charge in [0.2, 0.25) is 0 Å². The third-order valence-corrected chi connectivity index (χ3v) is 3.96. The topological polar surface area (TPSA) is 21.3 Å². The minimum Gasteiger partial charge on any atom is -0.496 e. The van der Waals surface area contributed by atoms with Crippen LogP contribution in [0, 0.1) is 6.92 Å². The van der Waals surface area contributed by atoms with Crippen molar-refractivity contribution in [2.75, 3.05) is 25.2 Å². The van der Waals surface area contributed by atoms with Crippen molar-refractivity contribution in [3.63, 3.8) is 0 Å². The summed E-state index contributed by atoms with van der Waals surface area (Å²) in [7, 11) is 1.73. The largest absolute Gasteiger partial charge is 0.496 e. The van der Waals surface area contributed by atoms with E-state index < -0.39 is 0 Å². The number of nitrogens with one attached hydrogen (secondary N) is 1. The van der Waals surface area contributed by atoms with Gasteiger partial charge in [0.15, 0.2) is 0 Å². The highest BCUT2D eigenvalue weighted by Gasteiger charge is 2.10. The molecule has 0 bridgehead atoms. The predicted molar refractivity (Wildman–Crippen MR) is 81.8 cm³/mol. The predicted octanol–water partition coefficient (Wildman–Crippen LogP) is 3.80. The molecule has 102 valence electrons. The van der Waals surface area contributed by atoms with Gasteiger partial charge in [0.25, 0.3) is 0 Å². The molecule has 2 nitrogen and oxygen atoms in total. The summed E-state index contributed by atoms with van der Waals surface area (Å²) in [6.07, 6.45) is 1.22.